The number of carbonyl (C=O) groups excluding carboxylic acids is 1. The molecule has 1 aliphatic heterocycles. The number of aryl methyl sites for hydroxylation is 2. The summed E-state index contributed by atoms with van der Waals surface area (Å²) < 4.78 is 5.78. The number of H-pyrrole nitrogens is 1. The number of nitrogens with one attached hydrogen (secondary N) is 1. The predicted molar refractivity (Wildman–Crippen MR) is 133 cm³/mol. The van der Waals surface area contributed by atoms with Crippen molar-refractivity contribution < 1.29 is 9.53 Å². The van der Waals surface area contributed by atoms with Gasteiger partial charge in [0.2, 0.25) is 0 Å². The molecule has 34 heavy (non-hydrogen) atoms. The Labute approximate surface area is 202 Å². The highest BCUT2D eigenvalue weighted by atomic mass is 32.1. The minimum atomic E-state index is -0.00206. The Morgan fingerprint density at radius 3 is 2.62 bits per heavy atom. The summed E-state index contributed by atoms with van der Waals surface area (Å²) in [6, 6.07) is 7.52. The Balaban J connectivity index is 1.06. The lowest BCUT2D eigenvalue weighted by Crippen LogP contribution is -2.48. The van der Waals surface area contributed by atoms with Crippen molar-refractivity contribution in [3.05, 3.63) is 56.4 Å². The zero-order valence-corrected chi connectivity index (χ0v) is 20.2. The van der Waals surface area contributed by atoms with E-state index in [1.807, 2.05) is 29.2 Å². The van der Waals surface area contributed by atoms with Gasteiger partial charge in [0.25, 0.3) is 11.5 Å². The molecule has 1 saturated heterocycles. The number of amides is 1. The fourth-order valence-corrected chi connectivity index (χ4v) is 6.26. The van der Waals surface area contributed by atoms with Gasteiger partial charge in [-0.05, 0) is 74.3 Å². The van der Waals surface area contributed by atoms with Crippen LogP contribution in [0.1, 0.15) is 52.3 Å². The van der Waals surface area contributed by atoms with E-state index in [0.29, 0.717) is 31.1 Å². The molecule has 0 atom stereocenters. The van der Waals surface area contributed by atoms with Crippen LogP contribution in [-0.4, -0.2) is 58.5 Å². The van der Waals surface area contributed by atoms with E-state index in [-0.39, 0.29) is 11.5 Å². The van der Waals surface area contributed by atoms with Gasteiger partial charge in [0.15, 0.2) is 0 Å². The smallest absolute Gasteiger partial charge is 0.259 e. The molecule has 7 nitrogen and oxygen atoms in total. The van der Waals surface area contributed by atoms with Crippen LogP contribution in [0.4, 0.5) is 0 Å². The summed E-state index contributed by atoms with van der Waals surface area (Å²) in [5.74, 6) is 2.32. The standard InChI is InChI=1S/C26H30N4O3S/c31-24-23-20-3-1-2-4-21(20)34-25(23)28-22(27-24)15-29-11-13-30(14-12-29)26(32)18-7-9-19(10-8-18)33-16-17-5-6-17/h7-10,17H,1-6,11-16H2,(H,27,28,31). The largest absolute Gasteiger partial charge is 0.493 e. The molecular formula is C26H30N4O3S. The number of thiophene rings is 1. The summed E-state index contributed by atoms with van der Waals surface area (Å²) in [6.45, 7) is 4.23. The molecule has 1 aromatic carbocycles. The summed E-state index contributed by atoms with van der Waals surface area (Å²) in [5.41, 5.74) is 1.92. The van der Waals surface area contributed by atoms with Gasteiger partial charge in [-0.15, -0.1) is 11.3 Å². The van der Waals surface area contributed by atoms with Gasteiger partial charge in [-0.2, -0.15) is 0 Å². The van der Waals surface area contributed by atoms with Gasteiger partial charge in [0.05, 0.1) is 18.5 Å². The molecule has 0 unspecified atom stereocenters. The van der Waals surface area contributed by atoms with E-state index in [9.17, 15) is 9.59 Å². The quantitative estimate of drug-likeness (QED) is 0.586. The van der Waals surface area contributed by atoms with Gasteiger partial charge in [0.1, 0.15) is 16.4 Å². The zero-order chi connectivity index (χ0) is 23.1. The topological polar surface area (TPSA) is 78.5 Å². The van der Waals surface area contributed by atoms with Crippen LogP contribution in [-0.2, 0) is 19.4 Å². The fourth-order valence-electron chi connectivity index (χ4n) is 4.98. The first kappa shape index (κ1) is 21.8. The fraction of sp³-hybridized carbons (Fsp3) is 0.500. The first-order valence-corrected chi connectivity index (χ1v) is 13.2. The Kier molecular flexibility index (Phi) is 5.87. The maximum absolute atomic E-state index is 12.9. The van der Waals surface area contributed by atoms with Crippen molar-refractivity contribution in [3.8, 4) is 5.75 Å². The first-order valence-electron chi connectivity index (χ1n) is 12.4. The summed E-state index contributed by atoms with van der Waals surface area (Å²) in [6.07, 6.45) is 6.94. The third-order valence-corrected chi connectivity index (χ3v) is 8.38. The second-order valence-corrected chi connectivity index (χ2v) is 10.8. The van der Waals surface area contributed by atoms with Crippen LogP contribution in [0.15, 0.2) is 29.1 Å². The van der Waals surface area contributed by atoms with Gasteiger partial charge in [0, 0.05) is 36.6 Å². The monoisotopic (exact) mass is 478 g/mol. The number of piperazine rings is 1. The average Bonchev–Trinajstić information content (AvgIpc) is 3.61. The number of hydrogen-bond donors (Lipinski definition) is 1. The van der Waals surface area contributed by atoms with Gasteiger partial charge in [-0.1, -0.05) is 0 Å². The summed E-state index contributed by atoms with van der Waals surface area (Å²) in [5, 5.41) is 0.808. The average molecular weight is 479 g/mol. The van der Waals surface area contributed by atoms with Gasteiger partial charge in [-0.3, -0.25) is 14.5 Å². The minimum Gasteiger partial charge on any atom is -0.493 e. The van der Waals surface area contributed by atoms with Crippen molar-refractivity contribution in [1.82, 2.24) is 19.8 Å². The van der Waals surface area contributed by atoms with Crippen molar-refractivity contribution in [2.24, 2.45) is 5.92 Å². The number of hydrogen-bond acceptors (Lipinski definition) is 6. The van der Waals surface area contributed by atoms with E-state index >= 15 is 0 Å². The Hall–Kier alpha value is -2.71. The van der Waals surface area contributed by atoms with Gasteiger partial charge < -0.3 is 14.6 Å². The minimum absolute atomic E-state index is 0.00206. The predicted octanol–water partition coefficient (Wildman–Crippen LogP) is 3.61. The lowest BCUT2D eigenvalue weighted by Gasteiger charge is -2.34. The summed E-state index contributed by atoms with van der Waals surface area (Å²) >= 11 is 1.69. The van der Waals surface area contributed by atoms with E-state index in [1.165, 1.54) is 29.7 Å². The molecule has 2 aromatic heterocycles. The molecule has 2 fully saturated rings. The summed E-state index contributed by atoms with van der Waals surface area (Å²) in [4.78, 5) is 40.0. The van der Waals surface area contributed by atoms with Crippen LogP contribution >= 0.6 is 11.3 Å². The number of rotatable bonds is 6. The van der Waals surface area contributed by atoms with E-state index in [1.54, 1.807) is 11.3 Å². The molecule has 178 valence electrons. The van der Waals surface area contributed by atoms with Gasteiger partial charge in [-0.25, -0.2) is 4.98 Å². The number of aromatic amines is 1. The molecule has 3 heterocycles. The zero-order valence-electron chi connectivity index (χ0n) is 19.3. The van der Waals surface area contributed by atoms with Crippen molar-refractivity contribution in [3.63, 3.8) is 0 Å². The lowest BCUT2D eigenvalue weighted by molar-refractivity contribution is 0.0625. The molecule has 0 radical (unpaired) electrons. The van der Waals surface area contributed by atoms with Crippen LogP contribution in [0.2, 0.25) is 0 Å². The maximum atomic E-state index is 12.9. The molecule has 1 amide bonds. The molecular weight excluding hydrogens is 448 g/mol. The molecule has 8 heteroatoms. The van der Waals surface area contributed by atoms with Crippen molar-refractivity contribution in [1.29, 1.82) is 0 Å². The normalized spacial score (nSPS) is 18.8. The SMILES string of the molecule is O=C(c1ccc(OCC2CC2)cc1)N1CCN(Cc2nc3sc4c(c3c(=O)[nH]2)CCCC4)CC1. The Bertz CT molecular complexity index is 1250. The first-order chi connectivity index (χ1) is 16.6. The van der Waals surface area contributed by atoms with E-state index < -0.39 is 0 Å². The van der Waals surface area contributed by atoms with Crippen LogP contribution in [0.25, 0.3) is 10.2 Å². The van der Waals surface area contributed by atoms with Crippen LogP contribution in [0.5, 0.6) is 5.75 Å². The third-order valence-electron chi connectivity index (χ3n) is 7.19. The number of aromatic nitrogens is 2. The summed E-state index contributed by atoms with van der Waals surface area (Å²) in [7, 11) is 0. The van der Waals surface area contributed by atoms with Crippen molar-refractivity contribution in [2.45, 2.75) is 45.1 Å². The lowest BCUT2D eigenvalue weighted by atomic mass is 9.97. The molecule has 3 aliphatic rings. The Morgan fingerprint density at radius 2 is 1.85 bits per heavy atom. The van der Waals surface area contributed by atoms with Crippen molar-refractivity contribution in [2.75, 3.05) is 32.8 Å². The van der Waals surface area contributed by atoms with Crippen LogP contribution < -0.4 is 10.3 Å². The number of fused-ring (bicyclic) bond motifs is 3. The molecule has 0 bridgehead atoms. The number of carbonyl (C=O) groups is 1. The number of ether oxygens (including phenoxy) is 1. The maximum Gasteiger partial charge on any atom is 0.259 e. The molecule has 3 aromatic rings. The van der Waals surface area contributed by atoms with Crippen molar-refractivity contribution >= 4 is 27.5 Å². The van der Waals surface area contributed by atoms with E-state index in [0.717, 1.165) is 60.7 Å². The molecule has 2 aliphatic carbocycles. The second-order valence-electron chi connectivity index (χ2n) is 9.75. The second kappa shape index (κ2) is 9.15. The van der Waals surface area contributed by atoms with Crippen LogP contribution in [0, 0.1) is 5.92 Å². The van der Waals surface area contributed by atoms with Crippen LogP contribution in [0.3, 0.4) is 0 Å². The highest BCUT2D eigenvalue weighted by Gasteiger charge is 2.25. The molecule has 0 spiro atoms. The van der Waals surface area contributed by atoms with E-state index in [4.69, 9.17) is 9.72 Å². The highest BCUT2D eigenvalue weighted by Crippen LogP contribution is 2.33. The molecule has 1 N–H and O–H groups in total. The molecule has 1 saturated carbocycles. The highest BCUT2D eigenvalue weighted by molar-refractivity contribution is 7.18. The molecule has 6 rings (SSSR count). The van der Waals surface area contributed by atoms with Gasteiger partial charge >= 0.3 is 0 Å². The number of benzene rings is 1. The Morgan fingerprint density at radius 1 is 1.09 bits per heavy atom. The van der Waals surface area contributed by atoms with E-state index in [2.05, 4.69) is 9.88 Å². The number of nitrogens with zero attached hydrogens (tertiary/aromatic N) is 3. The third kappa shape index (κ3) is 4.49.